The van der Waals surface area contributed by atoms with Gasteiger partial charge in [-0.2, -0.15) is 0 Å². The first kappa shape index (κ1) is 27.5. The molecule has 7 rings (SSSR count). The fourth-order valence-electron chi connectivity index (χ4n) is 6.18. The molecule has 0 aliphatic carbocycles. The molecular weight excluding hydrogens is 550 g/mol. The van der Waals surface area contributed by atoms with Gasteiger partial charge >= 0.3 is 0 Å². The summed E-state index contributed by atoms with van der Waals surface area (Å²) >= 11 is 0. The number of fused-ring (bicyclic) bond motifs is 3. The van der Waals surface area contributed by atoms with Crippen LogP contribution in [0, 0.1) is 13.8 Å². The second-order valence-corrected chi connectivity index (χ2v) is 11.4. The van der Waals surface area contributed by atoms with Crippen molar-refractivity contribution in [3.63, 3.8) is 0 Å². The van der Waals surface area contributed by atoms with Crippen molar-refractivity contribution in [1.82, 2.24) is 9.88 Å². The van der Waals surface area contributed by atoms with Crippen molar-refractivity contribution in [1.29, 1.82) is 0 Å². The van der Waals surface area contributed by atoms with Crippen molar-refractivity contribution in [2.24, 2.45) is 0 Å². The number of para-hydroxylation sites is 1. The van der Waals surface area contributed by atoms with Gasteiger partial charge in [-0.3, -0.25) is 9.59 Å². The van der Waals surface area contributed by atoms with E-state index in [9.17, 15) is 9.59 Å². The van der Waals surface area contributed by atoms with Crippen LogP contribution in [0.3, 0.4) is 0 Å². The third kappa shape index (κ3) is 5.11. The number of hydrogen-bond acceptors (Lipinski definition) is 4. The molecule has 44 heavy (non-hydrogen) atoms. The zero-order valence-electron chi connectivity index (χ0n) is 24.8. The number of aromatic nitrogens is 1. The molecule has 1 N–H and O–H groups in total. The van der Waals surface area contributed by atoms with Crippen molar-refractivity contribution in [2.45, 2.75) is 33.4 Å². The van der Waals surface area contributed by atoms with Crippen LogP contribution in [0.15, 0.2) is 97.1 Å². The summed E-state index contributed by atoms with van der Waals surface area (Å²) in [4.78, 5) is 29.3. The Morgan fingerprint density at radius 3 is 2.43 bits per heavy atom. The summed E-state index contributed by atoms with van der Waals surface area (Å²) in [7, 11) is 0. The largest absolute Gasteiger partial charge is 0.454 e. The second-order valence-electron chi connectivity index (χ2n) is 11.4. The van der Waals surface area contributed by atoms with E-state index in [0.717, 1.165) is 45.1 Å². The van der Waals surface area contributed by atoms with Crippen LogP contribution >= 0.6 is 0 Å². The third-order valence-electron chi connectivity index (χ3n) is 8.52. The van der Waals surface area contributed by atoms with Crippen molar-refractivity contribution >= 4 is 17.5 Å². The predicted octanol–water partition coefficient (Wildman–Crippen LogP) is 6.68. The van der Waals surface area contributed by atoms with Gasteiger partial charge in [0, 0.05) is 23.5 Å². The first-order chi connectivity index (χ1) is 21.5. The molecule has 1 aromatic heterocycles. The SMILES string of the molecule is Cc1ccccc1-c1ccc(C(=O)N2Cc3ccc(C(=O)NCCc4ccc5c(c4)OCO5)n3Cc3ccccc32)cc1C. The van der Waals surface area contributed by atoms with E-state index in [-0.39, 0.29) is 18.6 Å². The summed E-state index contributed by atoms with van der Waals surface area (Å²) in [6.45, 7) is 5.73. The molecule has 0 saturated heterocycles. The molecule has 0 saturated carbocycles. The highest BCUT2D eigenvalue weighted by Crippen LogP contribution is 2.34. The zero-order chi connectivity index (χ0) is 30.2. The summed E-state index contributed by atoms with van der Waals surface area (Å²) in [5.74, 6) is 1.27. The minimum Gasteiger partial charge on any atom is -0.454 e. The number of benzene rings is 4. The molecule has 7 nitrogen and oxygen atoms in total. The summed E-state index contributed by atoms with van der Waals surface area (Å²) in [5.41, 5.74) is 9.57. The quantitative estimate of drug-likeness (QED) is 0.242. The lowest BCUT2D eigenvalue weighted by atomic mass is 9.95. The van der Waals surface area contributed by atoms with Gasteiger partial charge in [-0.05, 0) is 96.1 Å². The minimum absolute atomic E-state index is 0.0683. The van der Waals surface area contributed by atoms with Gasteiger partial charge in [-0.25, -0.2) is 0 Å². The van der Waals surface area contributed by atoms with Gasteiger partial charge < -0.3 is 24.3 Å². The number of hydrogen-bond donors (Lipinski definition) is 1. The molecular formula is C37H33N3O4. The van der Waals surface area contributed by atoms with Crippen LogP contribution in [0.5, 0.6) is 11.5 Å². The molecule has 0 atom stereocenters. The molecule has 0 radical (unpaired) electrons. The van der Waals surface area contributed by atoms with Gasteiger partial charge in [0.1, 0.15) is 5.69 Å². The van der Waals surface area contributed by atoms with Crippen LogP contribution in [0.1, 0.15) is 48.8 Å². The zero-order valence-corrected chi connectivity index (χ0v) is 24.8. The second kappa shape index (κ2) is 11.4. The summed E-state index contributed by atoms with van der Waals surface area (Å²) < 4.78 is 12.9. The highest BCUT2D eigenvalue weighted by atomic mass is 16.7. The van der Waals surface area contributed by atoms with Gasteiger partial charge in [0.05, 0.1) is 13.1 Å². The first-order valence-corrected chi connectivity index (χ1v) is 14.9. The van der Waals surface area contributed by atoms with Crippen molar-refractivity contribution < 1.29 is 19.1 Å². The molecule has 2 aliphatic rings. The monoisotopic (exact) mass is 583 g/mol. The smallest absolute Gasteiger partial charge is 0.267 e. The van der Waals surface area contributed by atoms with Crippen LogP contribution in [-0.4, -0.2) is 29.7 Å². The Labute approximate surface area is 256 Å². The third-order valence-corrected chi connectivity index (χ3v) is 8.52. The van der Waals surface area contributed by atoms with Gasteiger partial charge in [-0.1, -0.05) is 54.6 Å². The number of nitrogens with zero attached hydrogens (tertiary/aromatic N) is 2. The predicted molar refractivity (Wildman–Crippen MR) is 170 cm³/mol. The van der Waals surface area contributed by atoms with E-state index >= 15 is 0 Å². The van der Waals surface area contributed by atoms with Crippen LogP contribution in [0.4, 0.5) is 5.69 Å². The lowest BCUT2D eigenvalue weighted by Gasteiger charge is -2.23. The Morgan fingerprint density at radius 2 is 1.57 bits per heavy atom. The number of aryl methyl sites for hydroxylation is 2. The van der Waals surface area contributed by atoms with E-state index < -0.39 is 0 Å². The fraction of sp³-hybridized carbons (Fsp3) is 0.189. The Bertz CT molecular complexity index is 1910. The maximum absolute atomic E-state index is 14.1. The van der Waals surface area contributed by atoms with E-state index in [1.54, 1.807) is 0 Å². The van der Waals surface area contributed by atoms with Crippen molar-refractivity contribution in [3.05, 3.63) is 136 Å². The Morgan fingerprint density at radius 1 is 0.773 bits per heavy atom. The van der Waals surface area contributed by atoms with Gasteiger partial charge in [0.2, 0.25) is 6.79 Å². The number of rotatable bonds is 6. The van der Waals surface area contributed by atoms with Crippen molar-refractivity contribution in [2.75, 3.05) is 18.2 Å². The molecule has 220 valence electrons. The van der Waals surface area contributed by atoms with E-state index in [1.807, 2.05) is 94.4 Å². The molecule has 0 spiro atoms. The number of ether oxygens (including phenoxy) is 2. The van der Waals surface area contributed by atoms with Crippen LogP contribution in [0.2, 0.25) is 0 Å². The van der Waals surface area contributed by atoms with E-state index in [2.05, 4.69) is 31.3 Å². The number of anilines is 1. The molecule has 2 amide bonds. The molecule has 5 aromatic rings. The molecule has 7 heteroatoms. The number of carbonyl (C=O) groups is 2. The molecule has 4 aromatic carbocycles. The Hall–Kier alpha value is -5.30. The average molecular weight is 584 g/mol. The molecule has 3 heterocycles. The van der Waals surface area contributed by atoms with Crippen LogP contribution in [-0.2, 0) is 19.5 Å². The highest BCUT2D eigenvalue weighted by molar-refractivity contribution is 6.07. The summed E-state index contributed by atoms with van der Waals surface area (Å²) in [6.07, 6.45) is 0.670. The number of carbonyl (C=O) groups excluding carboxylic acids is 2. The molecule has 0 fully saturated rings. The van der Waals surface area contributed by atoms with Gasteiger partial charge in [0.25, 0.3) is 11.8 Å². The molecule has 2 aliphatic heterocycles. The van der Waals surface area contributed by atoms with E-state index in [1.165, 1.54) is 11.1 Å². The van der Waals surface area contributed by atoms with Gasteiger partial charge in [-0.15, -0.1) is 0 Å². The molecule has 0 bridgehead atoms. The number of nitrogens with one attached hydrogen (secondary N) is 1. The fourth-order valence-corrected chi connectivity index (χ4v) is 6.18. The average Bonchev–Trinajstić information content (AvgIpc) is 3.63. The summed E-state index contributed by atoms with van der Waals surface area (Å²) in [6, 6.07) is 31.8. The Balaban J connectivity index is 1.12. The van der Waals surface area contributed by atoms with Gasteiger partial charge in [0.15, 0.2) is 11.5 Å². The molecule has 0 unspecified atom stereocenters. The summed E-state index contributed by atoms with van der Waals surface area (Å²) in [5, 5.41) is 3.07. The maximum Gasteiger partial charge on any atom is 0.267 e. The van der Waals surface area contributed by atoms with Crippen molar-refractivity contribution in [3.8, 4) is 22.6 Å². The first-order valence-electron chi connectivity index (χ1n) is 14.9. The van der Waals surface area contributed by atoms with E-state index in [0.29, 0.717) is 37.3 Å². The van der Waals surface area contributed by atoms with Crippen LogP contribution in [0.25, 0.3) is 11.1 Å². The standard InChI is InChI=1S/C37H33N3O4/c1-24-7-3-5-9-30(24)31-14-12-27(19-25(31)2)37(42)40-22-29-13-15-33(39(29)21-28-8-4-6-10-32(28)40)36(41)38-18-17-26-11-16-34-35(20-26)44-23-43-34/h3-16,19-20H,17-18,21-23H2,1-2H3,(H,38,41). The van der Waals surface area contributed by atoms with Crippen LogP contribution < -0.4 is 19.7 Å². The lowest BCUT2D eigenvalue weighted by Crippen LogP contribution is -2.31. The minimum atomic E-state index is -0.142. The normalized spacial score (nSPS) is 13.2. The maximum atomic E-state index is 14.1. The number of amides is 2. The Kier molecular flexibility index (Phi) is 7.14. The van der Waals surface area contributed by atoms with E-state index in [4.69, 9.17) is 9.47 Å². The topological polar surface area (TPSA) is 72.8 Å². The highest BCUT2D eigenvalue weighted by Gasteiger charge is 2.27. The lowest BCUT2D eigenvalue weighted by molar-refractivity contribution is 0.0944.